The summed E-state index contributed by atoms with van der Waals surface area (Å²) in [6.45, 7) is 5.81. The molecular formula is C19H22N4O2. The standard InChI is InChI=1S/C19H22N4O2/c1-14-3-5-16(6-4-14)21-17-7-8-20-18(13-17)19(25)23-11-9-22(10-12-23)15(2)24/h3-8,13H,9-12H2,1-2H3,(H,20,21). The van der Waals surface area contributed by atoms with E-state index in [1.165, 1.54) is 5.56 Å². The largest absolute Gasteiger partial charge is 0.355 e. The molecule has 0 unspecified atom stereocenters. The first kappa shape index (κ1) is 17.0. The molecule has 1 fully saturated rings. The summed E-state index contributed by atoms with van der Waals surface area (Å²) in [5, 5.41) is 3.29. The van der Waals surface area contributed by atoms with Gasteiger partial charge in [-0.1, -0.05) is 17.7 Å². The molecule has 6 heteroatoms. The Bertz CT molecular complexity index is 765. The summed E-state index contributed by atoms with van der Waals surface area (Å²) in [5.74, 6) is -0.0507. The van der Waals surface area contributed by atoms with Crippen molar-refractivity contribution in [1.29, 1.82) is 0 Å². The highest BCUT2D eigenvalue weighted by atomic mass is 16.2. The van der Waals surface area contributed by atoms with Crippen LogP contribution >= 0.6 is 0 Å². The Balaban J connectivity index is 1.67. The number of aromatic nitrogens is 1. The number of piperazine rings is 1. The highest BCUT2D eigenvalue weighted by Gasteiger charge is 2.24. The lowest BCUT2D eigenvalue weighted by molar-refractivity contribution is -0.130. The van der Waals surface area contributed by atoms with Gasteiger partial charge in [0, 0.05) is 50.7 Å². The van der Waals surface area contributed by atoms with Crippen LogP contribution in [0.3, 0.4) is 0 Å². The number of anilines is 2. The first-order valence-corrected chi connectivity index (χ1v) is 8.37. The van der Waals surface area contributed by atoms with Gasteiger partial charge in [0.1, 0.15) is 5.69 Å². The van der Waals surface area contributed by atoms with Crippen LogP contribution in [0.1, 0.15) is 23.0 Å². The third-order valence-electron chi connectivity index (χ3n) is 4.33. The van der Waals surface area contributed by atoms with Gasteiger partial charge in [-0.15, -0.1) is 0 Å². The fourth-order valence-electron chi connectivity index (χ4n) is 2.82. The molecule has 1 saturated heterocycles. The zero-order chi connectivity index (χ0) is 17.8. The predicted molar refractivity (Wildman–Crippen MR) is 96.9 cm³/mol. The molecule has 1 aromatic heterocycles. The van der Waals surface area contributed by atoms with Gasteiger partial charge in [0.05, 0.1) is 0 Å². The van der Waals surface area contributed by atoms with E-state index in [2.05, 4.69) is 10.3 Å². The van der Waals surface area contributed by atoms with E-state index in [1.54, 1.807) is 29.0 Å². The van der Waals surface area contributed by atoms with Crippen LogP contribution < -0.4 is 5.32 Å². The fraction of sp³-hybridized carbons (Fsp3) is 0.316. The van der Waals surface area contributed by atoms with Gasteiger partial charge in [0.15, 0.2) is 0 Å². The lowest BCUT2D eigenvalue weighted by atomic mass is 10.2. The summed E-state index contributed by atoms with van der Waals surface area (Å²) < 4.78 is 0. The van der Waals surface area contributed by atoms with Crippen molar-refractivity contribution in [2.75, 3.05) is 31.5 Å². The van der Waals surface area contributed by atoms with Crippen molar-refractivity contribution in [1.82, 2.24) is 14.8 Å². The Morgan fingerprint density at radius 3 is 2.24 bits per heavy atom. The van der Waals surface area contributed by atoms with E-state index < -0.39 is 0 Å². The Hall–Kier alpha value is -2.89. The number of hydrogen-bond acceptors (Lipinski definition) is 4. The third-order valence-corrected chi connectivity index (χ3v) is 4.33. The predicted octanol–water partition coefficient (Wildman–Crippen LogP) is 2.44. The minimum Gasteiger partial charge on any atom is -0.355 e. The molecule has 130 valence electrons. The van der Waals surface area contributed by atoms with Crippen molar-refractivity contribution in [3.63, 3.8) is 0 Å². The molecule has 1 aromatic carbocycles. The highest BCUT2D eigenvalue weighted by Crippen LogP contribution is 2.18. The molecule has 0 aliphatic carbocycles. The first-order chi connectivity index (χ1) is 12.0. The van der Waals surface area contributed by atoms with Gasteiger partial charge in [0.2, 0.25) is 5.91 Å². The summed E-state index contributed by atoms with van der Waals surface area (Å²) in [4.78, 5) is 31.8. The van der Waals surface area contributed by atoms with Crippen molar-refractivity contribution in [2.45, 2.75) is 13.8 Å². The van der Waals surface area contributed by atoms with Gasteiger partial charge >= 0.3 is 0 Å². The molecule has 0 atom stereocenters. The summed E-state index contributed by atoms with van der Waals surface area (Å²) >= 11 is 0. The van der Waals surface area contributed by atoms with E-state index in [0.717, 1.165) is 11.4 Å². The minimum absolute atomic E-state index is 0.0505. The maximum absolute atomic E-state index is 12.7. The number of benzene rings is 1. The summed E-state index contributed by atoms with van der Waals surface area (Å²) in [7, 11) is 0. The second kappa shape index (κ2) is 7.34. The Morgan fingerprint density at radius 1 is 0.960 bits per heavy atom. The van der Waals surface area contributed by atoms with Crippen LogP contribution in [0.25, 0.3) is 0 Å². The first-order valence-electron chi connectivity index (χ1n) is 8.37. The van der Waals surface area contributed by atoms with Gasteiger partial charge in [-0.25, -0.2) is 0 Å². The number of hydrogen-bond donors (Lipinski definition) is 1. The maximum Gasteiger partial charge on any atom is 0.272 e. The molecule has 3 rings (SSSR count). The van der Waals surface area contributed by atoms with E-state index in [1.807, 2.05) is 37.3 Å². The van der Waals surface area contributed by atoms with Gasteiger partial charge in [-0.3, -0.25) is 14.6 Å². The van der Waals surface area contributed by atoms with Crippen LogP contribution in [0.4, 0.5) is 11.4 Å². The zero-order valence-corrected chi connectivity index (χ0v) is 14.5. The number of carbonyl (C=O) groups is 2. The normalized spacial score (nSPS) is 14.3. The fourth-order valence-corrected chi connectivity index (χ4v) is 2.82. The topological polar surface area (TPSA) is 65.5 Å². The lowest BCUT2D eigenvalue weighted by Gasteiger charge is -2.34. The molecule has 2 aromatic rings. The molecule has 2 heterocycles. The number of nitrogens with zero attached hydrogens (tertiary/aromatic N) is 3. The monoisotopic (exact) mass is 338 g/mol. The number of nitrogens with one attached hydrogen (secondary N) is 1. The second-order valence-corrected chi connectivity index (χ2v) is 6.22. The van der Waals surface area contributed by atoms with Crippen LogP contribution in [0.5, 0.6) is 0 Å². The van der Waals surface area contributed by atoms with Crippen molar-refractivity contribution in [3.05, 3.63) is 53.9 Å². The Kier molecular flexibility index (Phi) is 4.97. The lowest BCUT2D eigenvalue weighted by Crippen LogP contribution is -2.50. The van der Waals surface area contributed by atoms with Crippen LogP contribution in [0, 0.1) is 6.92 Å². The summed E-state index contributed by atoms with van der Waals surface area (Å²) in [6.07, 6.45) is 1.63. The third kappa shape index (κ3) is 4.15. The average Bonchev–Trinajstić information content (AvgIpc) is 2.63. The van der Waals surface area contributed by atoms with E-state index >= 15 is 0 Å². The number of carbonyl (C=O) groups excluding carboxylic acids is 2. The van der Waals surface area contributed by atoms with E-state index in [-0.39, 0.29) is 11.8 Å². The van der Waals surface area contributed by atoms with E-state index in [9.17, 15) is 9.59 Å². The minimum atomic E-state index is -0.101. The quantitative estimate of drug-likeness (QED) is 0.933. The zero-order valence-electron chi connectivity index (χ0n) is 14.5. The molecule has 0 spiro atoms. The molecule has 1 aliphatic rings. The Morgan fingerprint density at radius 2 is 1.60 bits per heavy atom. The van der Waals surface area contributed by atoms with Crippen LogP contribution in [0.2, 0.25) is 0 Å². The van der Waals surface area contributed by atoms with Gasteiger partial charge in [-0.05, 0) is 31.2 Å². The van der Waals surface area contributed by atoms with E-state index in [4.69, 9.17) is 0 Å². The molecule has 0 bridgehead atoms. The average molecular weight is 338 g/mol. The van der Waals surface area contributed by atoms with E-state index in [0.29, 0.717) is 31.9 Å². The molecular weight excluding hydrogens is 316 g/mol. The van der Waals surface area contributed by atoms with Crippen molar-refractivity contribution in [2.24, 2.45) is 0 Å². The van der Waals surface area contributed by atoms with Crippen molar-refractivity contribution < 1.29 is 9.59 Å². The van der Waals surface area contributed by atoms with Crippen molar-refractivity contribution >= 4 is 23.2 Å². The SMILES string of the molecule is CC(=O)N1CCN(C(=O)c2cc(Nc3ccc(C)cc3)ccn2)CC1. The van der Waals surface area contributed by atoms with Crippen LogP contribution in [0.15, 0.2) is 42.6 Å². The number of aryl methyl sites for hydroxylation is 1. The molecule has 25 heavy (non-hydrogen) atoms. The van der Waals surface area contributed by atoms with Crippen LogP contribution in [-0.4, -0.2) is 52.8 Å². The maximum atomic E-state index is 12.7. The molecule has 2 amide bonds. The summed E-state index contributed by atoms with van der Waals surface area (Å²) in [6, 6.07) is 11.7. The highest BCUT2D eigenvalue weighted by molar-refractivity contribution is 5.93. The molecule has 1 aliphatic heterocycles. The smallest absolute Gasteiger partial charge is 0.272 e. The molecule has 0 saturated carbocycles. The number of pyridine rings is 1. The molecule has 1 N–H and O–H groups in total. The van der Waals surface area contributed by atoms with Gasteiger partial charge in [0.25, 0.3) is 5.91 Å². The van der Waals surface area contributed by atoms with Crippen molar-refractivity contribution in [3.8, 4) is 0 Å². The second-order valence-electron chi connectivity index (χ2n) is 6.22. The van der Waals surface area contributed by atoms with Crippen LogP contribution in [-0.2, 0) is 4.79 Å². The Labute approximate surface area is 147 Å². The van der Waals surface area contributed by atoms with Gasteiger partial charge in [-0.2, -0.15) is 0 Å². The molecule has 0 radical (unpaired) electrons. The van der Waals surface area contributed by atoms with Gasteiger partial charge < -0.3 is 15.1 Å². The number of rotatable bonds is 3. The molecule has 6 nitrogen and oxygen atoms in total. The number of amides is 2. The summed E-state index contributed by atoms with van der Waals surface area (Å²) in [5.41, 5.74) is 3.39.